The van der Waals surface area contributed by atoms with Crippen molar-refractivity contribution < 1.29 is 22.1 Å². The Balaban J connectivity index is 3.37. The van der Waals surface area contributed by atoms with Crippen molar-refractivity contribution >= 4 is 16.1 Å². The van der Waals surface area contributed by atoms with E-state index in [2.05, 4.69) is 0 Å². The van der Waals surface area contributed by atoms with Gasteiger partial charge in [0.15, 0.2) is 0 Å². The third-order valence-corrected chi connectivity index (χ3v) is 4.99. The summed E-state index contributed by atoms with van der Waals surface area (Å²) in [6.07, 6.45) is -0.310. The molecule has 124 valence electrons. The number of hydrogen-bond donors (Lipinski definition) is 0. The Morgan fingerprint density at radius 2 is 1.59 bits per heavy atom. The zero-order valence-electron chi connectivity index (χ0n) is 13.6. The van der Waals surface area contributed by atoms with E-state index >= 15 is 0 Å². The SMILES string of the molecule is COS(=O)(=O)[C@@H](c1ccccc1)[C@@H](C(=O)OC(C)C)C(C)C. The lowest BCUT2D eigenvalue weighted by atomic mass is 9.88. The lowest BCUT2D eigenvalue weighted by Crippen LogP contribution is -2.35. The quantitative estimate of drug-likeness (QED) is 0.568. The highest BCUT2D eigenvalue weighted by molar-refractivity contribution is 7.87. The Kier molecular flexibility index (Phi) is 6.56. The molecule has 1 aromatic carbocycles. The fourth-order valence-electron chi connectivity index (χ4n) is 2.36. The maximum absolute atomic E-state index is 12.4. The van der Waals surface area contributed by atoms with Gasteiger partial charge in [-0.2, -0.15) is 8.42 Å². The van der Waals surface area contributed by atoms with Gasteiger partial charge >= 0.3 is 5.97 Å². The standard InChI is InChI=1S/C16H24O5S/c1-11(2)14(16(17)21-12(3)4)15(22(18,19)20-5)13-9-7-6-8-10-13/h6-12,14-15H,1-5H3/t14-,15-/m0/s1. The molecule has 0 aromatic heterocycles. The summed E-state index contributed by atoms with van der Waals surface area (Å²) in [5.74, 6) is -1.59. The summed E-state index contributed by atoms with van der Waals surface area (Å²) in [6, 6.07) is 8.62. The Bertz CT molecular complexity index is 578. The van der Waals surface area contributed by atoms with E-state index in [9.17, 15) is 13.2 Å². The topological polar surface area (TPSA) is 69.7 Å². The maximum atomic E-state index is 12.4. The molecule has 0 unspecified atom stereocenters. The average molecular weight is 328 g/mol. The van der Waals surface area contributed by atoms with Crippen LogP contribution in [0, 0.1) is 11.8 Å². The lowest BCUT2D eigenvalue weighted by molar-refractivity contribution is -0.154. The Hall–Kier alpha value is -1.40. The van der Waals surface area contributed by atoms with Crippen molar-refractivity contribution in [3.05, 3.63) is 35.9 Å². The molecule has 22 heavy (non-hydrogen) atoms. The molecule has 0 fully saturated rings. The van der Waals surface area contributed by atoms with E-state index in [0.717, 1.165) is 7.11 Å². The fourth-order valence-corrected chi connectivity index (χ4v) is 3.84. The van der Waals surface area contributed by atoms with Gasteiger partial charge in [0, 0.05) is 0 Å². The van der Waals surface area contributed by atoms with Crippen LogP contribution in [-0.4, -0.2) is 27.6 Å². The number of benzene rings is 1. The molecule has 0 bridgehead atoms. The van der Waals surface area contributed by atoms with E-state index in [1.54, 1.807) is 58.0 Å². The number of carbonyl (C=O) groups excluding carboxylic acids is 1. The second-order valence-electron chi connectivity index (χ2n) is 5.75. The smallest absolute Gasteiger partial charge is 0.311 e. The highest BCUT2D eigenvalue weighted by Gasteiger charge is 2.42. The Labute approximate surface area is 132 Å². The molecule has 0 N–H and O–H groups in total. The number of hydrogen-bond acceptors (Lipinski definition) is 5. The zero-order valence-corrected chi connectivity index (χ0v) is 14.5. The normalized spacial score (nSPS) is 14.9. The van der Waals surface area contributed by atoms with E-state index in [0.29, 0.717) is 5.56 Å². The Morgan fingerprint density at radius 1 is 1.05 bits per heavy atom. The summed E-state index contributed by atoms with van der Waals surface area (Å²) in [5.41, 5.74) is 0.517. The van der Waals surface area contributed by atoms with E-state index in [1.807, 2.05) is 0 Å². The van der Waals surface area contributed by atoms with Crippen LogP contribution in [0.1, 0.15) is 38.5 Å². The van der Waals surface area contributed by atoms with Crippen LogP contribution in [-0.2, 0) is 23.8 Å². The van der Waals surface area contributed by atoms with E-state index < -0.39 is 27.3 Å². The zero-order chi connectivity index (χ0) is 16.9. The molecule has 0 aliphatic heterocycles. The molecule has 0 aliphatic rings. The van der Waals surface area contributed by atoms with Gasteiger partial charge in [-0.15, -0.1) is 0 Å². The van der Waals surface area contributed by atoms with Gasteiger partial charge in [-0.3, -0.25) is 8.98 Å². The van der Waals surface area contributed by atoms with Crippen LogP contribution < -0.4 is 0 Å². The van der Waals surface area contributed by atoms with Crippen LogP contribution in [0.25, 0.3) is 0 Å². The minimum absolute atomic E-state index is 0.221. The minimum atomic E-state index is -3.94. The summed E-state index contributed by atoms with van der Waals surface area (Å²) in [4.78, 5) is 12.4. The highest BCUT2D eigenvalue weighted by Crippen LogP contribution is 2.36. The van der Waals surface area contributed by atoms with Gasteiger partial charge in [0.2, 0.25) is 0 Å². The highest BCUT2D eigenvalue weighted by atomic mass is 32.2. The maximum Gasteiger partial charge on any atom is 0.311 e. The molecule has 6 heteroatoms. The number of carbonyl (C=O) groups is 1. The van der Waals surface area contributed by atoms with Crippen molar-refractivity contribution in [2.24, 2.45) is 11.8 Å². The molecule has 0 saturated carbocycles. The lowest BCUT2D eigenvalue weighted by Gasteiger charge is -2.28. The van der Waals surface area contributed by atoms with Crippen molar-refractivity contribution in [3.63, 3.8) is 0 Å². The van der Waals surface area contributed by atoms with Crippen molar-refractivity contribution in [1.82, 2.24) is 0 Å². The minimum Gasteiger partial charge on any atom is -0.463 e. The van der Waals surface area contributed by atoms with Gasteiger partial charge in [0.1, 0.15) is 5.25 Å². The van der Waals surface area contributed by atoms with E-state index in [-0.39, 0.29) is 12.0 Å². The summed E-state index contributed by atoms with van der Waals surface area (Å²) in [6.45, 7) is 7.07. The first kappa shape index (κ1) is 18.6. The first-order valence-electron chi connectivity index (χ1n) is 7.25. The fraction of sp³-hybridized carbons (Fsp3) is 0.562. The van der Waals surface area contributed by atoms with Gasteiger partial charge < -0.3 is 4.74 Å². The first-order chi connectivity index (χ1) is 10.2. The van der Waals surface area contributed by atoms with Crippen LogP contribution in [0.15, 0.2) is 30.3 Å². The van der Waals surface area contributed by atoms with Crippen molar-refractivity contribution in [2.45, 2.75) is 39.0 Å². The summed E-state index contributed by atoms with van der Waals surface area (Å²) >= 11 is 0. The molecule has 0 heterocycles. The molecule has 0 amide bonds. The van der Waals surface area contributed by atoms with Crippen LogP contribution in [0.3, 0.4) is 0 Å². The van der Waals surface area contributed by atoms with Crippen molar-refractivity contribution in [2.75, 3.05) is 7.11 Å². The van der Waals surface area contributed by atoms with Crippen LogP contribution in [0.5, 0.6) is 0 Å². The first-order valence-corrected chi connectivity index (χ1v) is 8.72. The van der Waals surface area contributed by atoms with Crippen molar-refractivity contribution in [3.8, 4) is 0 Å². The molecule has 0 spiro atoms. The number of rotatable bonds is 7. The molecule has 1 aromatic rings. The molecule has 0 saturated heterocycles. The van der Waals surface area contributed by atoms with Crippen LogP contribution in [0.2, 0.25) is 0 Å². The summed E-state index contributed by atoms with van der Waals surface area (Å²) in [7, 11) is -2.83. The van der Waals surface area contributed by atoms with Gasteiger partial charge in [-0.25, -0.2) is 0 Å². The van der Waals surface area contributed by atoms with Crippen LogP contribution in [0.4, 0.5) is 0 Å². The third-order valence-electron chi connectivity index (χ3n) is 3.34. The molecule has 0 radical (unpaired) electrons. The summed E-state index contributed by atoms with van der Waals surface area (Å²) < 4.78 is 34.8. The molecule has 1 rings (SSSR count). The second-order valence-corrected chi connectivity index (χ2v) is 7.57. The van der Waals surface area contributed by atoms with Crippen LogP contribution >= 0.6 is 0 Å². The predicted molar refractivity (Wildman–Crippen MR) is 84.7 cm³/mol. The molecular formula is C16H24O5S. The molecule has 2 atom stereocenters. The largest absolute Gasteiger partial charge is 0.463 e. The van der Waals surface area contributed by atoms with E-state index in [1.165, 1.54) is 0 Å². The summed E-state index contributed by atoms with van der Waals surface area (Å²) in [5, 5.41) is -1.09. The second kappa shape index (κ2) is 7.74. The number of ether oxygens (including phenoxy) is 1. The molecule has 0 aliphatic carbocycles. The van der Waals surface area contributed by atoms with Crippen molar-refractivity contribution in [1.29, 1.82) is 0 Å². The van der Waals surface area contributed by atoms with Gasteiger partial charge in [-0.1, -0.05) is 44.2 Å². The molecule has 5 nitrogen and oxygen atoms in total. The molecular weight excluding hydrogens is 304 g/mol. The van der Waals surface area contributed by atoms with Gasteiger partial charge in [0.25, 0.3) is 10.1 Å². The van der Waals surface area contributed by atoms with E-state index in [4.69, 9.17) is 8.92 Å². The monoisotopic (exact) mass is 328 g/mol. The van der Waals surface area contributed by atoms with Gasteiger partial charge in [-0.05, 0) is 25.3 Å². The average Bonchev–Trinajstić information content (AvgIpc) is 2.43. The third kappa shape index (κ3) is 4.55. The van der Waals surface area contributed by atoms with Gasteiger partial charge in [0.05, 0.1) is 19.1 Å². The number of esters is 1. The predicted octanol–water partition coefficient (Wildman–Crippen LogP) is 2.93. The Morgan fingerprint density at radius 3 is 2.00 bits per heavy atom.